The molecule has 1 N–H and O–H groups in total. The van der Waals surface area contributed by atoms with Crippen molar-refractivity contribution in [1.82, 2.24) is 9.78 Å². The van der Waals surface area contributed by atoms with Gasteiger partial charge >= 0.3 is 0 Å². The minimum absolute atomic E-state index is 0.796. The number of methoxy groups -OCH3 is 1. The van der Waals surface area contributed by atoms with E-state index in [4.69, 9.17) is 4.74 Å². The Bertz CT molecular complexity index is 342. The standard InChI is InChI=1S/C13H23N3O/c1-16-13(17-2)10-12(15-16)14-9-8-11-6-4-3-5-7-11/h10-11H,3-9H2,1-2H3,(H,14,15). The number of nitrogens with one attached hydrogen (secondary N) is 1. The summed E-state index contributed by atoms with van der Waals surface area (Å²) in [5.41, 5.74) is 0. The van der Waals surface area contributed by atoms with Gasteiger partial charge in [-0.15, -0.1) is 0 Å². The molecule has 4 heteroatoms. The fraction of sp³-hybridized carbons (Fsp3) is 0.769. The van der Waals surface area contributed by atoms with Gasteiger partial charge in [-0.2, -0.15) is 5.10 Å². The third kappa shape index (κ3) is 3.38. The molecule has 0 amide bonds. The summed E-state index contributed by atoms with van der Waals surface area (Å²) in [6, 6.07) is 1.95. The smallest absolute Gasteiger partial charge is 0.213 e. The number of ether oxygens (including phenoxy) is 1. The van der Waals surface area contributed by atoms with E-state index in [2.05, 4.69) is 10.4 Å². The van der Waals surface area contributed by atoms with Gasteiger partial charge in [-0.3, -0.25) is 0 Å². The van der Waals surface area contributed by atoms with E-state index in [1.54, 1.807) is 11.8 Å². The highest BCUT2D eigenvalue weighted by molar-refractivity contribution is 5.38. The van der Waals surface area contributed by atoms with Gasteiger partial charge in [0.15, 0.2) is 5.82 Å². The minimum atomic E-state index is 0.796. The van der Waals surface area contributed by atoms with Gasteiger partial charge in [0.25, 0.3) is 0 Å². The summed E-state index contributed by atoms with van der Waals surface area (Å²) in [4.78, 5) is 0. The van der Waals surface area contributed by atoms with Gasteiger partial charge in [-0.25, -0.2) is 4.68 Å². The van der Waals surface area contributed by atoms with E-state index in [0.29, 0.717) is 0 Å². The number of nitrogens with zero attached hydrogens (tertiary/aromatic N) is 2. The Morgan fingerprint density at radius 2 is 2.18 bits per heavy atom. The minimum Gasteiger partial charge on any atom is -0.481 e. The van der Waals surface area contributed by atoms with Gasteiger partial charge in [0.2, 0.25) is 5.88 Å². The van der Waals surface area contributed by atoms with Crippen LogP contribution in [0.5, 0.6) is 5.88 Å². The molecule has 96 valence electrons. The van der Waals surface area contributed by atoms with Crippen LogP contribution in [0.15, 0.2) is 6.07 Å². The lowest BCUT2D eigenvalue weighted by atomic mass is 9.87. The summed E-state index contributed by atoms with van der Waals surface area (Å²) in [6.45, 7) is 1.02. The van der Waals surface area contributed by atoms with Crippen molar-refractivity contribution in [2.24, 2.45) is 13.0 Å². The molecule has 1 fully saturated rings. The summed E-state index contributed by atoms with van der Waals surface area (Å²) in [6.07, 6.45) is 8.35. The molecule has 1 aromatic rings. The van der Waals surface area contributed by atoms with Crippen LogP contribution in [0.2, 0.25) is 0 Å². The monoisotopic (exact) mass is 237 g/mol. The highest BCUT2D eigenvalue weighted by atomic mass is 16.5. The summed E-state index contributed by atoms with van der Waals surface area (Å²) in [5, 5.41) is 7.72. The van der Waals surface area contributed by atoms with Crippen LogP contribution in [0.3, 0.4) is 0 Å². The van der Waals surface area contributed by atoms with Crippen molar-refractivity contribution in [3.05, 3.63) is 6.07 Å². The molecule has 0 radical (unpaired) electrons. The molecule has 17 heavy (non-hydrogen) atoms. The predicted octanol–water partition coefficient (Wildman–Crippen LogP) is 2.81. The molecule has 0 saturated heterocycles. The van der Waals surface area contributed by atoms with E-state index in [1.807, 2.05) is 13.1 Å². The van der Waals surface area contributed by atoms with E-state index in [0.717, 1.165) is 24.2 Å². The first-order chi connectivity index (χ1) is 8.29. The highest BCUT2D eigenvalue weighted by Crippen LogP contribution is 2.26. The number of hydrogen-bond acceptors (Lipinski definition) is 3. The zero-order valence-electron chi connectivity index (χ0n) is 10.9. The zero-order valence-corrected chi connectivity index (χ0v) is 10.9. The van der Waals surface area contributed by atoms with Crippen molar-refractivity contribution in [2.75, 3.05) is 19.0 Å². The van der Waals surface area contributed by atoms with Crippen LogP contribution in [0, 0.1) is 5.92 Å². The first-order valence-electron chi connectivity index (χ1n) is 6.61. The van der Waals surface area contributed by atoms with Gasteiger partial charge in [0.1, 0.15) is 0 Å². The zero-order chi connectivity index (χ0) is 12.1. The SMILES string of the molecule is COc1cc(NCCC2CCCCC2)nn1C. The summed E-state index contributed by atoms with van der Waals surface area (Å²) < 4.78 is 6.94. The Labute approximate surface area is 103 Å². The molecular formula is C13H23N3O. The third-order valence-electron chi connectivity index (χ3n) is 3.63. The Kier molecular flexibility index (Phi) is 4.29. The number of aromatic nitrogens is 2. The molecule has 1 aliphatic carbocycles. The van der Waals surface area contributed by atoms with Gasteiger partial charge in [0, 0.05) is 19.7 Å². The molecule has 4 nitrogen and oxygen atoms in total. The van der Waals surface area contributed by atoms with Gasteiger partial charge < -0.3 is 10.1 Å². The Morgan fingerprint density at radius 3 is 2.82 bits per heavy atom. The maximum atomic E-state index is 5.18. The second-order valence-electron chi connectivity index (χ2n) is 4.92. The molecule has 0 atom stereocenters. The molecule has 0 spiro atoms. The molecular weight excluding hydrogens is 214 g/mol. The highest BCUT2D eigenvalue weighted by Gasteiger charge is 2.13. The fourth-order valence-electron chi connectivity index (χ4n) is 2.61. The van der Waals surface area contributed by atoms with Crippen molar-refractivity contribution in [1.29, 1.82) is 0 Å². The van der Waals surface area contributed by atoms with E-state index >= 15 is 0 Å². The van der Waals surface area contributed by atoms with E-state index in [1.165, 1.54) is 38.5 Å². The van der Waals surface area contributed by atoms with Crippen molar-refractivity contribution in [3.63, 3.8) is 0 Å². The Hall–Kier alpha value is -1.19. The van der Waals surface area contributed by atoms with Crippen molar-refractivity contribution >= 4 is 5.82 Å². The van der Waals surface area contributed by atoms with Gasteiger partial charge in [-0.05, 0) is 12.3 Å². The number of rotatable bonds is 5. The molecule has 0 aromatic carbocycles. The van der Waals surface area contributed by atoms with Crippen molar-refractivity contribution in [2.45, 2.75) is 38.5 Å². The van der Waals surface area contributed by atoms with Crippen LogP contribution in [0.1, 0.15) is 38.5 Å². The number of hydrogen-bond donors (Lipinski definition) is 1. The van der Waals surface area contributed by atoms with Crippen molar-refractivity contribution < 1.29 is 4.74 Å². The lowest BCUT2D eigenvalue weighted by Gasteiger charge is -2.21. The molecule has 1 saturated carbocycles. The van der Waals surface area contributed by atoms with Gasteiger partial charge in [0.05, 0.1) is 7.11 Å². The second kappa shape index (κ2) is 5.94. The molecule has 0 unspecified atom stereocenters. The molecule has 2 rings (SSSR count). The fourth-order valence-corrected chi connectivity index (χ4v) is 2.61. The van der Waals surface area contributed by atoms with E-state index in [-0.39, 0.29) is 0 Å². The lowest BCUT2D eigenvalue weighted by Crippen LogP contribution is -2.12. The van der Waals surface area contributed by atoms with E-state index in [9.17, 15) is 0 Å². The summed E-state index contributed by atoms with van der Waals surface area (Å²) in [7, 11) is 3.56. The third-order valence-corrected chi connectivity index (χ3v) is 3.63. The normalized spacial score (nSPS) is 17.1. The average Bonchev–Trinajstić information content (AvgIpc) is 2.71. The molecule has 1 aromatic heterocycles. The van der Waals surface area contributed by atoms with Crippen LogP contribution in [-0.2, 0) is 7.05 Å². The van der Waals surface area contributed by atoms with E-state index < -0.39 is 0 Å². The largest absolute Gasteiger partial charge is 0.481 e. The molecule has 0 aliphatic heterocycles. The summed E-state index contributed by atoms with van der Waals surface area (Å²) in [5.74, 6) is 2.63. The van der Waals surface area contributed by atoms with Gasteiger partial charge in [-0.1, -0.05) is 32.1 Å². The van der Waals surface area contributed by atoms with Crippen LogP contribution in [0.4, 0.5) is 5.82 Å². The van der Waals surface area contributed by atoms with Crippen LogP contribution < -0.4 is 10.1 Å². The quantitative estimate of drug-likeness (QED) is 0.856. The predicted molar refractivity (Wildman–Crippen MR) is 69.4 cm³/mol. The van der Waals surface area contributed by atoms with Crippen LogP contribution in [-0.4, -0.2) is 23.4 Å². The Balaban J connectivity index is 1.73. The lowest BCUT2D eigenvalue weighted by molar-refractivity contribution is 0.345. The first kappa shape index (κ1) is 12.3. The van der Waals surface area contributed by atoms with Crippen LogP contribution >= 0.6 is 0 Å². The van der Waals surface area contributed by atoms with Crippen molar-refractivity contribution in [3.8, 4) is 5.88 Å². The first-order valence-corrected chi connectivity index (χ1v) is 6.61. The average molecular weight is 237 g/mol. The molecule has 0 bridgehead atoms. The molecule has 1 heterocycles. The number of anilines is 1. The maximum absolute atomic E-state index is 5.18. The second-order valence-corrected chi connectivity index (χ2v) is 4.92. The Morgan fingerprint density at radius 1 is 1.41 bits per heavy atom. The number of aryl methyl sites for hydroxylation is 1. The molecule has 1 aliphatic rings. The van der Waals surface area contributed by atoms with Crippen LogP contribution in [0.25, 0.3) is 0 Å². The topological polar surface area (TPSA) is 39.1 Å². The summed E-state index contributed by atoms with van der Waals surface area (Å²) >= 11 is 0. The maximum Gasteiger partial charge on any atom is 0.213 e.